The number of carbonyl (C=O) groups excluding carboxylic acids is 2. The second-order valence-electron chi connectivity index (χ2n) is 7.47. The number of nitrogens with one attached hydrogen (secondary N) is 2. The van der Waals surface area contributed by atoms with Crippen LogP contribution in [0.1, 0.15) is 45.5 Å². The maximum absolute atomic E-state index is 12.4. The topological polar surface area (TPSA) is 85.2 Å². The fourth-order valence-corrected chi connectivity index (χ4v) is 3.26. The van der Waals surface area contributed by atoms with Crippen molar-refractivity contribution in [1.82, 2.24) is 20.2 Å². The number of imidazole rings is 1. The number of amides is 2. The molecule has 27 heavy (non-hydrogen) atoms. The highest BCUT2D eigenvalue weighted by molar-refractivity contribution is 5.83. The molecule has 3 rings (SSSR count). The Labute approximate surface area is 159 Å². The number of rotatable bonds is 7. The third kappa shape index (κ3) is 4.66. The van der Waals surface area contributed by atoms with Crippen LogP contribution in [0.3, 0.4) is 0 Å². The first-order valence-electron chi connectivity index (χ1n) is 9.59. The predicted molar refractivity (Wildman–Crippen MR) is 103 cm³/mol. The van der Waals surface area contributed by atoms with Crippen molar-refractivity contribution >= 4 is 22.8 Å². The molecule has 0 spiro atoms. The number of nitrogens with zero attached hydrogens (tertiary/aromatic N) is 2. The van der Waals surface area contributed by atoms with Crippen LogP contribution in [-0.2, 0) is 20.9 Å². The highest BCUT2D eigenvalue weighted by Crippen LogP contribution is 2.22. The number of para-hydroxylation sites is 2. The van der Waals surface area contributed by atoms with Crippen LogP contribution in [0.2, 0.25) is 0 Å². The minimum atomic E-state index is -0.389. The van der Waals surface area contributed by atoms with E-state index in [4.69, 9.17) is 4.74 Å². The molecule has 2 aromatic rings. The molecule has 1 aliphatic rings. The number of ether oxygens (including phenoxy) is 1. The molecule has 0 radical (unpaired) electrons. The van der Waals surface area contributed by atoms with Crippen LogP contribution >= 0.6 is 0 Å². The second kappa shape index (κ2) is 8.52. The van der Waals surface area contributed by atoms with Crippen molar-refractivity contribution in [3.63, 3.8) is 0 Å². The molecule has 146 valence electrons. The van der Waals surface area contributed by atoms with E-state index in [0.29, 0.717) is 24.9 Å². The van der Waals surface area contributed by atoms with E-state index < -0.39 is 0 Å². The first-order valence-corrected chi connectivity index (χ1v) is 9.59. The van der Waals surface area contributed by atoms with E-state index in [1.807, 2.05) is 35.8 Å². The smallest absolute Gasteiger partial charge is 0.249 e. The summed E-state index contributed by atoms with van der Waals surface area (Å²) in [5.41, 5.74) is 1.69. The third-order valence-corrected chi connectivity index (χ3v) is 4.66. The van der Waals surface area contributed by atoms with E-state index >= 15 is 0 Å². The van der Waals surface area contributed by atoms with E-state index in [1.165, 1.54) is 0 Å². The summed E-state index contributed by atoms with van der Waals surface area (Å²) in [6.07, 6.45) is 1.26. The average molecular weight is 372 g/mol. The Kier molecular flexibility index (Phi) is 6.11. The Morgan fingerprint density at radius 3 is 2.78 bits per heavy atom. The molecule has 0 aliphatic carbocycles. The number of benzene rings is 1. The van der Waals surface area contributed by atoms with E-state index in [1.54, 1.807) is 0 Å². The first kappa shape index (κ1) is 19.4. The number of fused-ring (bicyclic) bond motifs is 1. The quantitative estimate of drug-likeness (QED) is 0.780. The second-order valence-corrected chi connectivity index (χ2v) is 7.47. The highest BCUT2D eigenvalue weighted by Gasteiger charge is 2.27. The van der Waals surface area contributed by atoms with Crippen LogP contribution < -0.4 is 10.6 Å². The molecule has 0 saturated carbocycles. The van der Waals surface area contributed by atoms with Crippen molar-refractivity contribution in [3.05, 3.63) is 30.1 Å². The Balaban J connectivity index is 1.80. The lowest BCUT2D eigenvalue weighted by Crippen LogP contribution is -2.37. The number of aromatic nitrogens is 2. The van der Waals surface area contributed by atoms with Crippen LogP contribution in [0.4, 0.5) is 0 Å². The summed E-state index contributed by atoms with van der Waals surface area (Å²) in [4.78, 5) is 29.5. The van der Waals surface area contributed by atoms with Gasteiger partial charge in [0.15, 0.2) is 0 Å². The van der Waals surface area contributed by atoms with Gasteiger partial charge < -0.3 is 19.9 Å². The Hall–Kier alpha value is -2.41. The predicted octanol–water partition coefficient (Wildman–Crippen LogP) is 2.16. The van der Waals surface area contributed by atoms with Crippen molar-refractivity contribution in [2.24, 2.45) is 5.92 Å². The van der Waals surface area contributed by atoms with Gasteiger partial charge in [0, 0.05) is 13.2 Å². The SMILES string of the molecule is CC(C)CNC(=O)Cn1c(C(C)NC(=O)C2CCCO2)nc2ccccc21. The summed E-state index contributed by atoms with van der Waals surface area (Å²) in [6, 6.07) is 7.36. The maximum Gasteiger partial charge on any atom is 0.249 e. The van der Waals surface area contributed by atoms with Crippen LogP contribution in [0.15, 0.2) is 24.3 Å². The molecular weight excluding hydrogens is 344 g/mol. The van der Waals surface area contributed by atoms with Gasteiger partial charge in [-0.15, -0.1) is 0 Å². The zero-order chi connectivity index (χ0) is 19.4. The summed E-state index contributed by atoms with van der Waals surface area (Å²) in [5, 5.41) is 5.93. The highest BCUT2D eigenvalue weighted by atomic mass is 16.5. The summed E-state index contributed by atoms with van der Waals surface area (Å²) < 4.78 is 7.34. The molecule has 1 fully saturated rings. The molecule has 2 atom stereocenters. The average Bonchev–Trinajstić information content (AvgIpc) is 3.28. The number of hydrogen-bond donors (Lipinski definition) is 2. The molecular formula is C20H28N4O3. The van der Waals surface area contributed by atoms with Gasteiger partial charge >= 0.3 is 0 Å². The van der Waals surface area contributed by atoms with Gasteiger partial charge in [-0.25, -0.2) is 4.98 Å². The van der Waals surface area contributed by atoms with Gasteiger partial charge in [0.05, 0.1) is 17.1 Å². The molecule has 1 aromatic heterocycles. The van der Waals surface area contributed by atoms with E-state index in [9.17, 15) is 9.59 Å². The van der Waals surface area contributed by atoms with Crippen molar-refractivity contribution in [2.75, 3.05) is 13.2 Å². The molecule has 2 heterocycles. The van der Waals surface area contributed by atoms with Gasteiger partial charge in [-0.3, -0.25) is 9.59 Å². The van der Waals surface area contributed by atoms with E-state index in [0.717, 1.165) is 23.9 Å². The summed E-state index contributed by atoms with van der Waals surface area (Å²) in [6.45, 7) is 7.43. The summed E-state index contributed by atoms with van der Waals surface area (Å²) >= 11 is 0. The molecule has 2 amide bonds. The van der Waals surface area contributed by atoms with Crippen molar-refractivity contribution in [2.45, 2.75) is 52.3 Å². The molecule has 0 bridgehead atoms. The largest absolute Gasteiger partial charge is 0.368 e. The summed E-state index contributed by atoms with van der Waals surface area (Å²) in [7, 11) is 0. The molecule has 2 N–H and O–H groups in total. The van der Waals surface area contributed by atoms with E-state index in [2.05, 4.69) is 29.5 Å². The Bertz CT molecular complexity index is 809. The zero-order valence-corrected chi connectivity index (χ0v) is 16.2. The Morgan fingerprint density at radius 2 is 2.07 bits per heavy atom. The monoisotopic (exact) mass is 372 g/mol. The first-order chi connectivity index (χ1) is 13.0. The van der Waals surface area contributed by atoms with Crippen molar-refractivity contribution in [3.8, 4) is 0 Å². The normalized spacial score (nSPS) is 18.0. The lowest BCUT2D eigenvalue weighted by molar-refractivity contribution is -0.130. The molecule has 2 unspecified atom stereocenters. The molecule has 1 saturated heterocycles. The van der Waals surface area contributed by atoms with Gasteiger partial charge in [0.2, 0.25) is 11.8 Å². The van der Waals surface area contributed by atoms with Gasteiger partial charge in [0.25, 0.3) is 0 Å². The van der Waals surface area contributed by atoms with Gasteiger partial charge in [-0.1, -0.05) is 26.0 Å². The third-order valence-electron chi connectivity index (χ3n) is 4.66. The van der Waals surface area contributed by atoms with E-state index in [-0.39, 0.29) is 30.5 Å². The van der Waals surface area contributed by atoms with Crippen LogP contribution in [-0.4, -0.2) is 40.6 Å². The minimum Gasteiger partial charge on any atom is -0.368 e. The zero-order valence-electron chi connectivity index (χ0n) is 16.2. The fourth-order valence-electron chi connectivity index (χ4n) is 3.26. The van der Waals surface area contributed by atoms with Crippen LogP contribution in [0, 0.1) is 5.92 Å². The molecule has 7 heteroatoms. The minimum absolute atomic E-state index is 0.0641. The lowest BCUT2D eigenvalue weighted by atomic mass is 10.2. The standard InChI is InChI=1S/C20H28N4O3/c1-13(2)11-21-18(25)12-24-16-8-5-4-7-15(16)23-19(24)14(3)22-20(26)17-9-6-10-27-17/h4-5,7-8,13-14,17H,6,9-12H2,1-3H3,(H,21,25)(H,22,26). The molecule has 7 nitrogen and oxygen atoms in total. The lowest BCUT2D eigenvalue weighted by Gasteiger charge is -2.18. The number of carbonyl (C=O) groups is 2. The number of hydrogen-bond acceptors (Lipinski definition) is 4. The van der Waals surface area contributed by atoms with Gasteiger partial charge in [-0.05, 0) is 37.8 Å². The molecule has 1 aliphatic heterocycles. The van der Waals surface area contributed by atoms with Gasteiger partial charge in [-0.2, -0.15) is 0 Å². The fraction of sp³-hybridized carbons (Fsp3) is 0.550. The van der Waals surface area contributed by atoms with Crippen LogP contribution in [0.25, 0.3) is 11.0 Å². The summed E-state index contributed by atoms with van der Waals surface area (Å²) in [5.74, 6) is 0.869. The molecule has 1 aromatic carbocycles. The van der Waals surface area contributed by atoms with Crippen molar-refractivity contribution < 1.29 is 14.3 Å². The van der Waals surface area contributed by atoms with Gasteiger partial charge in [0.1, 0.15) is 18.5 Å². The van der Waals surface area contributed by atoms with Crippen LogP contribution in [0.5, 0.6) is 0 Å². The Morgan fingerprint density at radius 1 is 1.30 bits per heavy atom. The van der Waals surface area contributed by atoms with Crippen molar-refractivity contribution in [1.29, 1.82) is 0 Å². The maximum atomic E-state index is 12.4.